The number of ether oxygens (including phenoxy) is 3. The van der Waals surface area contributed by atoms with E-state index in [4.69, 9.17) is 24.2 Å². The lowest BCUT2D eigenvalue weighted by Gasteiger charge is -2.34. The molecule has 2 aromatic rings. The number of aldehydes is 1. The number of halogens is 2. The van der Waals surface area contributed by atoms with E-state index >= 15 is 0 Å². The van der Waals surface area contributed by atoms with E-state index in [1.165, 1.54) is 4.90 Å². The second kappa shape index (κ2) is 11.8. The Hall–Kier alpha value is -3.57. The summed E-state index contributed by atoms with van der Waals surface area (Å²) in [6.07, 6.45) is -0.921. The van der Waals surface area contributed by atoms with Crippen molar-refractivity contribution in [2.45, 2.75) is 96.4 Å². The van der Waals surface area contributed by atoms with E-state index in [9.17, 15) is 23.2 Å². The molecule has 1 aliphatic carbocycles. The first-order chi connectivity index (χ1) is 20.3. The van der Waals surface area contributed by atoms with Gasteiger partial charge in [0.1, 0.15) is 36.0 Å². The minimum Gasteiger partial charge on any atom is -0.497 e. The number of alkyl carbamates (subject to hydrolysis) is 1. The molecule has 1 N–H and O–H groups in total. The minimum atomic E-state index is -2.95. The molecule has 1 saturated carbocycles. The van der Waals surface area contributed by atoms with E-state index in [0.29, 0.717) is 35.3 Å². The van der Waals surface area contributed by atoms with Crippen molar-refractivity contribution in [1.29, 1.82) is 0 Å². The Morgan fingerprint density at radius 1 is 1.16 bits per heavy atom. The zero-order chi connectivity index (χ0) is 31.1. The van der Waals surface area contributed by atoms with Gasteiger partial charge >= 0.3 is 6.09 Å². The maximum absolute atomic E-state index is 15.0. The molecule has 0 radical (unpaired) electrons. The Kier molecular flexibility index (Phi) is 8.50. The van der Waals surface area contributed by atoms with E-state index in [2.05, 4.69) is 5.32 Å². The van der Waals surface area contributed by atoms with Crippen LogP contribution in [0.4, 0.5) is 13.6 Å². The molecule has 3 aliphatic rings. The van der Waals surface area contributed by atoms with Crippen LogP contribution in [0, 0.1) is 17.3 Å². The first kappa shape index (κ1) is 30.9. The molecule has 5 rings (SSSR count). The van der Waals surface area contributed by atoms with Crippen LogP contribution in [0.5, 0.6) is 11.6 Å². The maximum Gasteiger partial charge on any atom is 0.408 e. The van der Waals surface area contributed by atoms with Gasteiger partial charge in [-0.15, -0.1) is 0 Å². The van der Waals surface area contributed by atoms with Crippen LogP contribution >= 0.6 is 0 Å². The lowest BCUT2D eigenvalue weighted by Crippen LogP contribution is -2.56. The van der Waals surface area contributed by atoms with Gasteiger partial charge in [-0.1, -0.05) is 27.7 Å². The summed E-state index contributed by atoms with van der Waals surface area (Å²) < 4.78 is 47.2. The first-order valence-electron chi connectivity index (χ1n) is 15.0. The molecule has 1 aromatic heterocycles. The summed E-state index contributed by atoms with van der Waals surface area (Å²) in [7, 11) is 1.54. The van der Waals surface area contributed by atoms with Crippen LogP contribution in [0.25, 0.3) is 11.0 Å². The number of hydrogen-bond donors (Lipinski definition) is 1. The van der Waals surface area contributed by atoms with Crippen molar-refractivity contribution >= 4 is 29.3 Å². The molecule has 12 heteroatoms. The van der Waals surface area contributed by atoms with Crippen LogP contribution in [0.15, 0.2) is 18.2 Å². The molecule has 1 saturated heterocycles. The van der Waals surface area contributed by atoms with E-state index in [0.717, 1.165) is 6.29 Å². The molecule has 2 amide bonds. The SMILES string of the molecule is CC[C@@H]1[C@@H]2CN(C(=O)[C@H](C(C)(C)C)NC(=O)O[C@@H]3C[C@H]3CC(F)(F)CCCc3nc4ccc(OC)cc4nc3O2)[C@@H]1C=O. The molecule has 6 atom stereocenters. The standard InChI is InChI=1S/C31H40F2N4O6/c1-6-19-23(16-38)37-15-25(19)42-27-21(34-20-10-9-18(41-5)13-22(20)35-27)8-7-11-31(32,33)14-17-12-24(17)43-29(40)36-26(28(37)39)30(2,3)4/h9-10,13,16-17,19,23-26H,6-8,11-12,14-15H2,1-5H3,(H,36,40)/t17-,19-,23+,24+,25-,26+/m0/s1. The van der Waals surface area contributed by atoms with Gasteiger partial charge in [0.05, 0.1) is 30.7 Å². The summed E-state index contributed by atoms with van der Waals surface area (Å²) >= 11 is 0. The van der Waals surface area contributed by atoms with Crippen LogP contribution in [0.1, 0.15) is 65.5 Å². The van der Waals surface area contributed by atoms with E-state index in [-0.39, 0.29) is 37.6 Å². The molecule has 2 fully saturated rings. The van der Waals surface area contributed by atoms with Crippen LogP contribution in [-0.4, -0.2) is 77.0 Å². The number of nitrogens with one attached hydrogen (secondary N) is 1. The van der Waals surface area contributed by atoms with Crippen LogP contribution in [0.3, 0.4) is 0 Å². The second-order valence-corrected chi connectivity index (χ2v) is 13.0. The normalized spacial score (nSPS) is 29.7. The topological polar surface area (TPSA) is 120 Å². The summed E-state index contributed by atoms with van der Waals surface area (Å²) in [6, 6.07) is 3.39. The number of nitrogens with zero attached hydrogens (tertiary/aromatic N) is 3. The highest BCUT2D eigenvalue weighted by molar-refractivity contribution is 5.89. The Morgan fingerprint density at radius 3 is 2.60 bits per heavy atom. The molecule has 2 aliphatic heterocycles. The van der Waals surface area contributed by atoms with Gasteiger partial charge in [-0.25, -0.2) is 23.5 Å². The number of hydrogen-bond acceptors (Lipinski definition) is 8. The molecular weight excluding hydrogens is 562 g/mol. The fraction of sp³-hybridized carbons (Fsp3) is 0.645. The van der Waals surface area contributed by atoms with Crippen molar-refractivity contribution in [3.8, 4) is 11.6 Å². The molecule has 2 bridgehead atoms. The Labute approximate surface area is 249 Å². The zero-order valence-corrected chi connectivity index (χ0v) is 25.3. The highest BCUT2D eigenvalue weighted by Gasteiger charge is 2.50. The minimum absolute atomic E-state index is 0.0735. The molecule has 10 nitrogen and oxygen atoms in total. The summed E-state index contributed by atoms with van der Waals surface area (Å²) in [5.41, 5.74) is 0.771. The van der Waals surface area contributed by atoms with E-state index in [1.54, 1.807) is 46.1 Å². The number of carbonyl (C=O) groups excluding carboxylic acids is 3. The maximum atomic E-state index is 15.0. The van der Waals surface area contributed by atoms with Gasteiger partial charge in [0.25, 0.3) is 0 Å². The number of methoxy groups -OCH3 is 1. The van der Waals surface area contributed by atoms with Crippen molar-refractivity contribution in [3.63, 3.8) is 0 Å². The number of aromatic nitrogens is 2. The highest BCUT2D eigenvalue weighted by Crippen LogP contribution is 2.44. The van der Waals surface area contributed by atoms with Gasteiger partial charge < -0.3 is 29.2 Å². The molecular formula is C31H40F2N4O6. The average Bonchev–Trinajstić information content (AvgIpc) is 3.54. The summed E-state index contributed by atoms with van der Waals surface area (Å²) in [4.78, 5) is 50.1. The van der Waals surface area contributed by atoms with Gasteiger partial charge in [0.15, 0.2) is 0 Å². The van der Waals surface area contributed by atoms with Crippen molar-refractivity contribution < 1.29 is 37.4 Å². The molecule has 43 heavy (non-hydrogen) atoms. The van der Waals surface area contributed by atoms with Gasteiger partial charge in [0, 0.05) is 30.7 Å². The van der Waals surface area contributed by atoms with E-state index in [1.807, 2.05) is 6.92 Å². The van der Waals surface area contributed by atoms with Gasteiger partial charge in [-0.3, -0.25) is 4.79 Å². The van der Waals surface area contributed by atoms with Crippen LogP contribution < -0.4 is 14.8 Å². The monoisotopic (exact) mass is 602 g/mol. The van der Waals surface area contributed by atoms with Crippen molar-refractivity contribution in [3.05, 3.63) is 23.9 Å². The lowest BCUT2D eigenvalue weighted by molar-refractivity contribution is -0.139. The molecule has 1 aromatic carbocycles. The third kappa shape index (κ3) is 6.67. The van der Waals surface area contributed by atoms with E-state index < -0.39 is 60.0 Å². The number of alkyl halides is 2. The molecule has 0 spiro atoms. The number of fused-ring (bicyclic) bond motifs is 5. The number of carbonyl (C=O) groups is 3. The Balaban J connectivity index is 1.54. The Morgan fingerprint density at radius 2 is 1.93 bits per heavy atom. The molecule has 0 unspecified atom stereocenters. The largest absolute Gasteiger partial charge is 0.497 e. The molecule has 234 valence electrons. The number of aryl methyl sites for hydroxylation is 1. The Bertz CT molecular complexity index is 1380. The zero-order valence-electron chi connectivity index (χ0n) is 25.3. The van der Waals surface area contributed by atoms with Gasteiger partial charge in [-0.05, 0) is 43.2 Å². The molecule has 3 heterocycles. The fourth-order valence-corrected chi connectivity index (χ4v) is 6.21. The quantitative estimate of drug-likeness (QED) is 0.502. The number of rotatable bonds is 3. The highest BCUT2D eigenvalue weighted by atomic mass is 19.3. The summed E-state index contributed by atoms with van der Waals surface area (Å²) in [6.45, 7) is 7.37. The lowest BCUT2D eigenvalue weighted by atomic mass is 9.85. The van der Waals surface area contributed by atoms with Crippen LogP contribution in [-0.2, 0) is 20.7 Å². The first-order valence-corrected chi connectivity index (χ1v) is 15.0. The number of amides is 2. The van der Waals surface area contributed by atoms with Crippen molar-refractivity contribution in [1.82, 2.24) is 20.2 Å². The second-order valence-electron chi connectivity index (χ2n) is 13.0. The average molecular weight is 603 g/mol. The third-order valence-electron chi connectivity index (χ3n) is 8.72. The third-order valence-corrected chi connectivity index (χ3v) is 8.72. The smallest absolute Gasteiger partial charge is 0.408 e. The van der Waals surface area contributed by atoms with Gasteiger partial charge in [-0.2, -0.15) is 0 Å². The predicted molar refractivity (Wildman–Crippen MR) is 153 cm³/mol. The van der Waals surface area contributed by atoms with Crippen molar-refractivity contribution in [2.75, 3.05) is 13.7 Å². The summed E-state index contributed by atoms with van der Waals surface area (Å²) in [5.74, 6) is -3.47. The van der Waals surface area contributed by atoms with Crippen molar-refractivity contribution in [2.24, 2.45) is 17.3 Å². The fourth-order valence-electron chi connectivity index (χ4n) is 6.21. The summed E-state index contributed by atoms with van der Waals surface area (Å²) in [5, 5.41) is 2.66. The predicted octanol–water partition coefficient (Wildman–Crippen LogP) is 4.71. The number of benzene rings is 1. The van der Waals surface area contributed by atoms with Crippen LogP contribution in [0.2, 0.25) is 0 Å². The van der Waals surface area contributed by atoms with Gasteiger partial charge in [0.2, 0.25) is 17.7 Å².